The molecule has 1 saturated heterocycles. The molecule has 0 spiro atoms. The van der Waals surface area contributed by atoms with E-state index in [1.54, 1.807) is 24.3 Å². The quantitative estimate of drug-likeness (QED) is 0.610. The number of nitrogens with zero attached hydrogens (tertiary/aromatic N) is 1. The second-order valence-electron chi connectivity index (χ2n) is 7.84. The fourth-order valence-electron chi connectivity index (χ4n) is 3.73. The van der Waals surface area contributed by atoms with Gasteiger partial charge in [-0.05, 0) is 42.8 Å². The van der Waals surface area contributed by atoms with Crippen molar-refractivity contribution >= 4 is 43.0 Å². The lowest BCUT2D eigenvalue weighted by atomic mass is 10.2. The summed E-state index contributed by atoms with van der Waals surface area (Å²) in [4.78, 5) is 26.4. The first-order valence-electron chi connectivity index (χ1n) is 10.3. The number of hydrogen-bond acceptors (Lipinski definition) is 7. The van der Waals surface area contributed by atoms with Crippen LogP contribution in [0.25, 0.3) is 0 Å². The molecular weight excluding hydrogens is 470 g/mol. The Balaban J connectivity index is 1.41. The molecule has 0 aromatic heterocycles. The Labute approximate surface area is 191 Å². The maximum absolute atomic E-state index is 12.6. The number of carbonyl (C=O) groups excluding carboxylic acids is 2. The number of fused-ring (bicyclic) bond motifs is 1. The Bertz CT molecular complexity index is 1280. The molecule has 0 saturated carbocycles. The van der Waals surface area contributed by atoms with E-state index in [0.29, 0.717) is 17.1 Å². The van der Waals surface area contributed by atoms with Crippen LogP contribution in [0.3, 0.4) is 0 Å². The molecule has 2 N–H and O–H groups in total. The number of ether oxygens (including phenoxy) is 1. The summed E-state index contributed by atoms with van der Waals surface area (Å²) in [5.74, 6) is -0.430. The van der Waals surface area contributed by atoms with Gasteiger partial charge >= 0.3 is 0 Å². The molecule has 12 heteroatoms. The van der Waals surface area contributed by atoms with Gasteiger partial charge in [0.15, 0.2) is 9.84 Å². The number of para-hydroxylation sites is 2. The third kappa shape index (κ3) is 5.52. The molecule has 176 valence electrons. The molecule has 10 nitrogen and oxygen atoms in total. The van der Waals surface area contributed by atoms with Crippen LogP contribution in [-0.2, 0) is 29.4 Å². The van der Waals surface area contributed by atoms with Crippen LogP contribution in [0.1, 0.15) is 12.8 Å². The van der Waals surface area contributed by atoms with Gasteiger partial charge in [0.25, 0.3) is 0 Å². The van der Waals surface area contributed by atoms with Gasteiger partial charge < -0.3 is 10.1 Å². The zero-order valence-corrected chi connectivity index (χ0v) is 19.2. The predicted molar refractivity (Wildman–Crippen MR) is 121 cm³/mol. The molecule has 4 rings (SSSR count). The highest BCUT2D eigenvalue weighted by Gasteiger charge is 2.31. The Morgan fingerprint density at radius 3 is 2.55 bits per heavy atom. The van der Waals surface area contributed by atoms with E-state index in [-0.39, 0.29) is 48.3 Å². The molecule has 0 aliphatic carbocycles. The topological polar surface area (TPSA) is 139 Å². The second kappa shape index (κ2) is 9.12. The van der Waals surface area contributed by atoms with Gasteiger partial charge in [-0.3, -0.25) is 14.5 Å². The zero-order chi connectivity index (χ0) is 23.6. The van der Waals surface area contributed by atoms with Crippen molar-refractivity contribution in [3.8, 4) is 5.75 Å². The summed E-state index contributed by atoms with van der Waals surface area (Å²) in [6.45, 7) is 0.00168. The van der Waals surface area contributed by atoms with Gasteiger partial charge in [-0.2, -0.15) is 0 Å². The van der Waals surface area contributed by atoms with Gasteiger partial charge in [0.1, 0.15) is 12.3 Å². The average molecular weight is 494 g/mol. The van der Waals surface area contributed by atoms with Gasteiger partial charge in [0.2, 0.25) is 21.8 Å². The van der Waals surface area contributed by atoms with Crippen LogP contribution in [-0.4, -0.2) is 59.3 Å². The van der Waals surface area contributed by atoms with Crippen LogP contribution in [0.2, 0.25) is 0 Å². The molecule has 2 aliphatic rings. The minimum Gasteiger partial charge on any atom is -0.491 e. The van der Waals surface area contributed by atoms with Crippen LogP contribution in [0.4, 0.5) is 11.4 Å². The summed E-state index contributed by atoms with van der Waals surface area (Å²) >= 11 is 0. The highest BCUT2D eigenvalue weighted by Crippen LogP contribution is 2.30. The number of hydrogen-bond donors (Lipinski definition) is 2. The highest BCUT2D eigenvalue weighted by molar-refractivity contribution is 7.92. The van der Waals surface area contributed by atoms with Gasteiger partial charge in [0.05, 0.1) is 35.1 Å². The number of anilines is 2. The van der Waals surface area contributed by atoms with E-state index in [1.165, 1.54) is 29.2 Å². The maximum atomic E-state index is 12.6. The van der Waals surface area contributed by atoms with Crippen LogP contribution in [0.15, 0.2) is 53.4 Å². The maximum Gasteiger partial charge on any atom is 0.244 e. The minimum atomic E-state index is -3.90. The molecular formula is C21H23N3O7S2. The molecule has 2 aromatic rings. The lowest BCUT2D eigenvalue weighted by Crippen LogP contribution is -2.37. The van der Waals surface area contributed by atoms with Gasteiger partial charge in [-0.1, -0.05) is 12.1 Å². The van der Waals surface area contributed by atoms with Crippen molar-refractivity contribution in [2.75, 3.05) is 34.9 Å². The number of carbonyl (C=O) groups is 2. The van der Waals surface area contributed by atoms with Crippen molar-refractivity contribution in [2.45, 2.75) is 23.8 Å². The molecule has 0 bridgehead atoms. The molecule has 2 amide bonds. The third-order valence-electron chi connectivity index (χ3n) is 5.33. The first kappa shape index (κ1) is 23.2. The second-order valence-corrected chi connectivity index (χ2v) is 11.8. The number of nitrogens with one attached hydrogen (secondary N) is 2. The molecule has 0 radical (unpaired) electrons. The standard InChI is InChI=1S/C21H23N3O7S2/c25-20(13-24-18-3-1-2-4-19(18)31-11-9-21(24)26)22-15-5-7-17(8-6-15)33(29,30)23-16-10-12-32(27,28)14-16/h1-8,16,23H,9-14H2,(H,22,25). The SMILES string of the molecule is O=C(CN1C(=O)CCOc2ccccc21)Nc1ccc(S(=O)(=O)NC2CCS(=O)(=O)C2)cc1. The molecule has 33 heavy (non-hydrogen) atoms. The lowest BCUT2D eigenvalue weighted by Gasteiger charge is -2.21. The highest BCUT2D eigenvalue weighted by atomic mass is 32.2. The van der Waals surface area contributed by atoms with E-state index >= 15 is 0 Å². The Hall–Kier alpha value is -2.96. The van der Waals surface area contributed by atoms with Gasteiger partial charge in [-0.15, -0.1) is 0 Å². The molecule has 2 heterocycles. The number of sulfonamides is 1. The van der Waals surface area contributed by atoms with Crippen molar-refractivity contribution < 1.29 is 31.2 Å². The van der Waals surface area contributed by atoms with Crippen LogP contribution in [0.5, 0.6) is 5.75 Å². The van der Waals surface area contributed by atoms with Crippen molar-refractivity contribution in [3.05, 3.63) is 48.5 Å². The first-order valence-corrected chi connectivity index (χ1v) is 13.6. The summed E-state index contributed by atoms with van der Waals surface area (Å²) < 4.78 is 56.1. The van der Waals surface area contributed by atoms with E-state index in [0.717, 1.165) is 0 Å². The van der Waals surface area contributed by atoms with E-state index in [4.69, 9.17) is 4.74 Å². The van der Waals surface area contributed by atoms with Crippen molar-refractivity contribution in [3.63, 3.8) is 0 Å². The first-order chi connectivity index (χ1) is 15.6. The van der Waals surface area contributed by atoms with E-state index in [1.807, 2.05) is 0 Å². The zero-order valence-electron chi connectivity index (χ0n) is 17.6. The Morgan fingerprint density at radius 2 is 1.85 bits per heavy atom. The smallest absolute Gasteiger partial charge is 0.244 e. The fraction of sp³-hybridized carbons (Fsp3) is 0.333. The summed E-state index contributed by atoms with van der Waals surface area (Å²) in [6, 6.07) is 11.8. The van der Waals surface area contributed by atoms with E-state index in [2.05, 4.69) is 10.0 Å². The van der Waals surface area contributed by atoms with Crippen molar-refractivity contribution in [2.24, 2.45) is 0 Å². The number of rotatable bonds is 6. The average Bonchev–Trinajstić information content (AvgIpc) is 3.01. The normalized spacial score (nSPS) is 19.9. The van der Waals surface area contributed by atoms with Gasteiger partial charge in [-0.25, -0.2) is 21.6 Å². The van der Waals surface area contributed by atoms with Crippen molar-refractivity contribution in [1.29, 1.82) is 0 Å². The third-order valence-corrected chi connectivity index (χ3v) is 8.64. The fourth-order valence-corrected chi connectivity index (χ4v) is 6.78. The monoisotopic (exact) mass is 493 g/mol. The Morgan fingerprint density at radius 1 is 1.12 bits per heavy atom. The molecule has 2 aromatic carbocycles. The van der Waals surface area contributed by atoms with E-state index in [9.17, 15) is 26.4 Å². The van der Waals surface area contributed by atoms with Gasteiger partial charge in [0, 0.05) is 11.7 Å². The summed E-state index contributed by atoms with van der Waals surface area (Å²) in [5.41, 5.74) is 0.866. The molecule has 1 unspecified atom stereocenters. The van der Waals surface area contributed by atoms with Crippen LogP contribution in [0, 0.1) is 0 Å². The van der Waals surface area contributed by atoms with E-state index < -0.39 is 31.8 Å². The summed E-state index contributed by atoms with van der Waals surface area (Å²) in [5, 5.41) is 2.66. The summed E-state index contributed by atoms with van der Waals surface area (Å²) in [7, 11) is -7.12. The lowest BCUT2D eigenvalue weighted by molar-refractivity contribution is -0.121. The Kier molecular flexibility index (Phi) is 6.41. The van der Waals surface area contributed by atoms with Crippen LogP contribution < -0.4 is 19.7 Å². The molecule has 1 fully saturated rings. The number of benzene rings is 2. The van der Waals surface area contributed by atoms with Crippen molar-refractivity contribution in [1.82, 2.24) is 4.72 Å². The molecule has 1 atom stereocenters. The number of sulfone groups is 1. The number of amides is 2. The van der Waals surface area contributed by atoms with Crippen LogP contribution >= 0.6 is 0 Å². The summed E-state index contributed by atoms with van der Waals surface area (Å²) in [6.07, 6.45) is 0.378. The largest absolute Gasteiger partial charge is 0.491 e. The molecule has 2 aliphatic heterocycles. The predicted octanol–water partition coefficient (Wildman–Crippen LogP) is 0.906. The minimum absolute atomic E-state index is 0.0404.